The van der Waals surface area contributed by atoms with Crippen LogP contribution < -0.4 is 31.8 Å². The molecule has 206 valence electrons. The van der Waals surface area contributed by atoms with Gasteiger partial charge in [-0.2, -0.15) is 0 Å². The van der Waals surface area contributed by atoms with Crippen molar-refractivity contribution in [1.29, 1.82) is 0 Å². The quantitative estimate of drug-likeness (QED) is 0.142. The molecule has 0 N–H and O–H groups in total. The molecule has 0 aliphatic heterocycles. The van der Waals surface area contributed by atoms with Gasteiger partial charge in [0, 0.05) is 0 Å². The molecule has 6 aromatic rings. The Morgan fingerprint density at radius 3 is 0.548 bits per heavy atom. The zero-order chi connectivity index (χ0) is 28.8. The van der Waals surface area contributed by atoms with Crippen LogP contribution in [0.4, 0.5) is 0 Å². The van der Waals surface area contributed by atoms with Crippen LogP contribution in [0.15, 0.2) is 182 Å². The summed E-state index contributed by atoms with van der Waals surface area (Å²) < 4.78 is 0. The fraction of sp³-hybridized carbons (Fsp3) is 0.0526. The minimum absolute atomic E-state index is 0.552. The van der Waals surface area contributed by atoms with Gasteiger partial charge < -0.3 is 0 Å². The van der Waals surface area contributed by atoms with E-state index >= 15 is 0 Å². The third kappa shape index (κ3) is 5.11. The third-order valence-corrected chi connectivity index (χ3v) is 39.7. The van der Waals surface area contributed by atoms with Crippen molar-refractivity contribution in [2.75, 3.05) is 13.3 Å². The summed E-state index contributed by atoms with van der Waals surface area (Å²) in [5, 5.41) is 8.90. The zero-order valence-electron chi connectivity index (χ0n) is 24.1. The Kier molecular flexibility index (Phi) is 9.11. The molecule has 6 aromatic carbocycles. The fourth-order valence-electron chi connectivity index (χ4n) is 6.15. The SMILES string of the molecule is C[P@]([P@@](C)[P+](c1ccccc1)(c1ccccc1)c1ccccc1)[P+](c1ccccc1)(c1ccccc1)c1ccccc1. The normalized spacial score (nSPS) is 13.3. The molecule has 0 aliphatic rings. The van der Waals surface area contributed by atoms with Crippen LogP contribution in [-0.2, 0) is 0 Å². The maximum absolute atomic E-state index is 2.64. The molecule has 42 heavy (non-hydrogen) atoms. The summed E-state index contributed by atoms with van der Waals surface area (Å²) >= 11 is 0. The van der Waals surface area contributed by atoms with Crippen molar-refractivity contribution in [3.8, 4) is 0 Å². The zero-order valence-corrected chi connectivity index (χ0v) is 27.7. The summed E-state index contributed by atoms with van der Waals surface area (Å²) in [6.45, 7) is 1.21. The van der Waals surface area contributed by atoms with E-state index in [9.17, 15) is 0 Å². The number of benzene rings is 6. The minimum Gasteiger partial charge on any atom is -0.0620 e. The molecule has 0 heterocycles. The Hall–Kier alpha value is -2.96. The number of hydrogen-bond donors (Lipinski definition) is 0. The fourth-order valence-corrected chi connectivity index (χ4v) is 44.1. The summed E-state index contributed by atoms with van der Waals surface area (Å²) in [7, 11) is -1.10. The molecule has 0 saturated heterocycles. The molecular weight excluding hydrogens is 580 g/mol. The van der Waals surface area contributed by atoms with E-state index in [1.54, 1.807) is 0 Å². The standard InChI is InChI=1S/C38H36P4/c1-39(41(33-21-9-3-10-22-33,34-23-11-4-12-24-34)35-25-13-5-14-26-35)40(2)42(36-27-15-6-16-28-36,37-29-17-7-18-30-37)38-31-19-8-20-32-38/h3-32H,1-2H3/q+2/t39-,40-/m1/s1. The average molecular weight is 617 g/mol. The minimum atomic E-state index is -2.04. The molecule has 0 spiro atoms. The molecule has 0 bridgehead atoms. The molecular formula is C38H36P4+2. The van der Waals surface area contributed by atoms with E-state index in [0.717, 1.165) is 0 Å². The van der Waals surface area contributed by atoms with Crippen molar-refractivity contribution in [3.63, 3.8) is 0 Å². The van der Waals surface area contributed by atoms with Gasteiger partial charge in [-0.15, -0.1) is 0 Å². The van der Waals surface area contributed by atoms with Crippen LogP contribution in [0.5, 0.6) is 0 Å². The van der Waals surface area contributed by atoms with Gasteiger partial charge in [-0.1, -0.05) is 109 Å². The van der Waals surface area contributed by atoms with Crippen molar-refractivity contribution in [1.82, 2.24) is 0 Å². The monoisotopic (exact) mass is 616 g/mol. The maximum atomic E-state index is 2.64. The predicted molar refractivity (Wildman–Crippen MR) is 196 cm³/mol. The van der Waals surface area contributed by atoms with Gasteiger partial charge in [0.05, 0.1) is 0 Å². The van der Waals surface area contributed by atoms with Crippen LogP contribution in [0.2, 0.25) is 0 Å². The van der Waals surface area contributed by atoms with Crippen LogP contribution >= 0.6 is 28.5 Å². The van der Waals surface area contributed by atoms with Gasteiger partial charge in [-0.3, -0.25) is 0 Å². The van der Waals surface area contributed by atoms with Crippen molar-refractivity contribution in [2.24, 2.45) is 0 Å². The van der Waals surface area contributed by atoms with Crippen molar-refractivity contribution in [2.45, 2.75) is 0 Å². The van der Waals surface area contributed by atoms with E-state index in [-0.39, 0.29) is 0 Å². The highest BCUT2D eigenvalue weighted by atomic mass is 32.7. The van der Waals surface area contributed by atoms with Crippen molar-refractivity contribution in [3.05, 3.63) is 182 Å². The van der Waals surface area contributed by atoms with Gasteiger partial charge in [0.25, 0.3) is 0 Å². The molecule has 0 fully saturated rings. The molecule has 0 amide bonds. The summed E-state index contributed by atoms with van der Waals surface area (Å²) in [6.07, 6.45) is 0. The Morgan fingerprint density at radius 1 is 0.262 bits per heavy atom. The third-order valence-electron chi connectivity index (χ3n) is 8.07. The second-order valence-electron chi connectivity index (χ2n) is 10.3. The lowest BCUT2D eigenvalue weighted by Crippen LogP contribution is -2.32. The Balaban J connectivity index is 1.71. The Labute approximate surface area is 254 Å². The molecule has 0 saturated carbocycles. The van der Waals surface area contributed by atoms with Crippen LogP contribution in [0, 0.1) is 0 Å². The number of rotatable bonds is 9. The lowest BCUT2D eigenvalue weighted by molar-refractivity contribution is 1.73. The van der Waals surface area contributed by atoms with E-state index in [0.29, 0.717) is 0 Å². The smallest absolute Gasteiger partial charge is 0.0620 e. The highest BCUT2D eigenvalue weighted by Crippen LogP contribution is 3.03. The van der Waals surface area contributed by atoms with Gasteiger partial charge in [0.15, 0.2) is 0 Å². The van der Waals surface area contributed by atoms with Crippen molar-refractivity contribution >= 4 is 60.3 Å². The molecule has 0 aliphatic carbocycles. The summed E-state index contributed by atoms with van der Waals surface area (Å²) in [6, 6.07) is 68.7. The summed E-state index contributed by atoms with van der Waals surface area (Å²) in [4.78, 5) is 0. The van der Waals surface area contributed by atoms with Crippen LogP contribution in [-0.4, -0.2) is 13.3 Å². The molecule has 0 radical (unpaired) electrons. The highest BCUT2D eigenvalue weighted by Gasteiger charge is 2.63. The summed E-state index contributed by atoms with van der Waals surface area (Å²) in [5.41, 5.74) is 0. The lowest BCUT2D eigenvalue weighted by atomic mass is 10.4. The first-order valence-corrected chi connectivity index (χ1v) is 23.6. The Morgan fingerprint density at radius 2 is 0.405 bits per heavy atom. The van der Waals surface area contributed by atoms with Crippen LogP contribution in [0.1, 0.15) is 0 Å². The van der Waals surface area contributed by atoms with E-state index in [2.05, 4.69) is 195 Å². The predicted octanol–water partition coefficient (Wildman–Crippen LogP) is 8.94. The maximum Gasteiger partial charge on any atom is 0.137 e. The van der Waals surface area contributed by atoms with E-state index < -0.39 is 28.5 Å². The van der Waals surface area contributed by atoms with Gasteiger partial charge in [0.1, 0.15) is 60.3 Å². The van der Waals surface area contributed by atoms with E-state index in [4.69, 9.17) is 0 Å². The number of hydrogen-bond acceptors (Lipinski definition) is 0. The first-order chi connectivity index (χ1) is 20.7. The Bertz CT molecular complexity index is 1350. The van der Waals surface area contributed by atoms with E-state index in [1.807, 2.05) is 0 Å². The molecule has 0 unspecified atom stereocenters. The molecule has 2 atom stereocenters. The molecule has 0 aromatic heterocycles. The lowest BCUT2D eigenvalue weighted by Gasteiger charge is -2.39. The van der Waals surface area contributed by atoms with Crippen LogP contribution in [0.25, 0.3) is 0 Å². The average Bonchev–Trinajstić information content (AvgIpc) is 3.08. The second kappa shape index (κ2) is 13.1. The first kappa shape index (κ1) is 29.1. The largest absolute Gasteiger partial charge is 0.137 e. The summed E-state index contributed by atoms with van der Waals surface area (Å²) in [5.74, 6) is 0. The molecule has 6 rings (SSSR count). The van der Waals surface area contributed by atoms with Gasteiger partial charge in [-0.05, 0) is 86.1 Å². The van der Waals surface area contributed by atoms with Gasteiger partial charge in [-0.25, -0.2) is 0 Å². The highest BCUT2D eigenvalue weighted by molar-refractivity contribution is 8.87. The molecule has 4 heteroatoms. The van der Waals surface area contributed by atoms with Gasteiger partial charge in [0.2, 0.25) is 0 Å². The van der Waals surface area contributed by atoms with Crippen molar-refractivity contribution < 1.29 is 0 Å². The van der Waals surface area contributed by atoms with E-state index in [1.165, 1.54) is 31.8 Å². The topological polar surface area (TPSA) is 0 Å². The van der Waals surface area contributed by atoms with Gasteiger partial charge >= 0.3 is 0 Å². The molecule has 0 nitrogen and oxygen atoms in total. The van der Waals surface area contributed by atoms with Crippen LogP contribution in [0.3, 0.4) is 0 Å². The first-order valence-electron chi connectivity index (χ1n) is 14.3. The second-order valence-corrected chi connectivity index (χ2v) is 30.6.